The minimum atomic E-state index is -3.79. The Bertz CT molecular complexity index is 1080. The average molecular weight is 421 g/mol. The van der Waals surface area contributed by atoms with E-state index in [1.807, 2.05) is 0 Å². The lowest BCUT2D eigenvalue weighted by molar-refractivity contribution is -0.142. The van der Waals surface area contributed by atoms with Gasteiger partial charge in [-0.2, -0.15) is 9.40 Å². The van der Waals surface area contributed by atoms with Gasteiger partial charge in [-0.3, -0.25) is 14.3 Å². The number of carbonyl (C=O) groups is 2. The molecule has 4 rings (SSSR count). The zero-order valence-corrected chi connectivity index (χ0v) is 17.3. The first-order valence-electron chi connectivity index (χ1n) is 9.18. The van der Waals surface area contributed by atoms with Gasteiger partial charge in [-0.05, 0) is 6.42 Å². The van der Waals surface area contributed by atoms with Gasteiger partial charge in [0, 0.05) is 46.5 Å². The molecular formula is C17H23N7O4S. The maximum atomic E-state index is 13.0. The van der Waals surface area contributed by atoms with Crippen molar-refractivity contribution in [1.82, 2.24) is 28.5 Å². The maximum Gasteiger partial charge on any atom is 0.262 e. The van der Waals surface area contributed by atoms with E-state index < -0.39 is 15.6 Å². The zero-order chi connectivity index (χ0) is 21.0. The number of hydrogen-bond donors (Lipinski definition) is 0. The monoisotopic (exact) mass is 421 g/mol. The zero-order valence-electron chi connectivity index (χ0n) is 16.5. The van der Waals surface area contributed by atoms with Gasteiger partial charge in [-0.25, -0.2) is 13.4 Å². The van der Waals surface area contributed by atoms with E-state index in [1.165, 1.54) is 28.7 Å². The number of anilines is 1. The Balaban J connectivity index is 1.66. The minimum Gasteiger partial charge on any atom is -0.339 e. The molecule has 2 amide bonds. The number of amides is 2. The number of aryl methyl sites for hydroxylation is 2. The van der Waals surface area contributed by atoms with Crippen LogP contribution in [-0.4, -0.2) is 80.5 Å². The smallest absolute Gasteiger partial charge is 0.262 e. The van der Waals surface area contributed by atoms with E-state index in [0.29, 0.717) is 12.1 Å². The summed E-state index contributed by atoms with van der Waals surface area (Å²) in [5.74, 6) is -0.467. The van der Waals surface area contributed by atoms with Crippen molar-refractivity contribution >= 4 is 27.5 Å². The second-order valence-corrected chi connectivity index (χ2v) is 9.53. The van der Waals surface area contributed by atoms with Crippen LogP contribution in [0.15, 0.2) is 29.9 Å². The molecule has 1 spiro atoms. The van der Waals surface area contributed by atoms with Crippen LogP contribution in [0.2, 0.25) is 0 Å². The van der Waals surface area contributed by atoms with Gasteiger partial charge in [-0.1, -0.05) is 0 Å². The third kappa shape index (κ3) is 3.21. The van der Waals surface area contributed by atoms with Crippen molar-refractivity contribution in [2.45, 2.75) is 23.9 Å². The van der Waals surface area contributed by atoms with Crippen LogP contribution in [0.1, 0.15) is 13.3 Å². The Hall–Kier alpha value is -2.73. The molecule has 29 heavy (non-hydrogen) atoms. The molecule has 0 N–H and O–H groups in total. The van der Waals surface area contributed by atoms with Crippen LogP contribution in [0.25, 0.3) is 0 Å². The molecule has 0 radical (unpaired) electrons. The van der Waals surface area contributed by atoms with Gasteiger partial charge in [0.15, 0.2) is 5.03 Å². The normalized spacial score (nSPS) is 23.3. The molecule has 2 aliphatic rings. The SMILES string of the molecule is CC(=O)N1CC(=O)N(c2cnn(C)c2)C[C@@]12CCN(S(=O)(=O)c1cn(C)cn1)C2. The average Bonchev–Trinajstić information content (AvgIpc) is 3.37. The molecule has 2 saturated heterocycles. The van der Waals surface area contributed by atoms with E-state index >= 15 is 0 Å². The molecule has 0 bridgehead atoms. The number of rotatable bonds is 3. The van der Waals surface area contributed by atoms with Crippen molar-refractivity contribution in [3.63, 3.8) is 0 Å². The van der Waals surface area contributed by atoms with Crippen molar-refractivity contribution in [2.24, 2.45) is 14.1 Å². The van der Waals surface area contributed by atoms with E-state index in [0.717, 1.165) is 0 Å². The molecule has 0 saturated carbocycles. The van der Waals surface area contributed by atoms with Crippen LogP contribution in [0, 0.1) is 0 Å². The van der Waals surface area contributed by atoms with Gasteiger partial charge in [0.1, 0.15) is 6.54 Å². The maximum absolute atomic E-state index is 13.0. The molecule has 2 aliphatic heterocycles. The topological polar surface area (TPSA) is 114 Å². The summed E-state index contributed by atoms with van der Waals surface area (Å²) in [6.07, 6.45) is 6.64. The largest absolute Gasteiger partial charge is 0.339 e. The highest BCUT2D eigenvalue weighted by Crippen LogP contribution is 2.36. The van der Waals surface area contributed by atoms with Crippen LogP contribution >= 0.6 is 0 Å². The fraction of sp³-hybridized carbons (Fsp3) is 0.529. The summed E-state index contributed by atoms with van der Waals surface area (Å²) >= 11 is 0. The highest BCUT2D eigenvalue weighted by molar-refractivity contribution is 7.89. The fourth-order valence-corrected chi connectivity index (χ4v) is 5.60. The molecule has 0 unspecified atom stereocenters. The van der Waals surface area contributed by atoms with Gasteiger partial charge in [0.25, 0.3) is 10.0 Å². The molecule has 156 valence electrons. The van der Waals surface area contributed by atoms with E-state index in [2.05, 4.69) is 10.1 Å². The van der Waals surface area contributed by atoms with Crippen molar-refractivity contribution in [3.8, 4) is 0 Å². The summed E-state index contributed by atoms with van der Waals surface area (Å²) in [6, 6.07) is 0. The van der Waals surface area contributed by atoms with E-state index in [1.54, 1.807) is 40.6 Å². The summed E-state index contributed by atoms with van der Waals surface area (Å²) in [6.45, 7) is 1.88. The van der Waals surface area contributed by atoms with E-state index in [9.17, 15) is 18.0 Å². The number of sulfonamides is 1. The highest BCUT2D eigenvalue weighted by atomic mass is 32.2. The minimum absolute atomic E-state index is 0.0255. The van der Waals surface area contributed by atoms with Crippen molar-refractivity contribution < 1.29 is 18.0 Å². The number of aromatic nitrogens is 4. The van der Waals surface area contributed by atoms with Crippen LogP contribution < -0.4 is 4.90 Å². The second kappa shape index (κ2) is 6.66. The van der Waals surface area contributed by atoms with Gasteiger partial charge >= 0.3 is 0 Å². The van der Waals surface area contributed by atoms with Crippen molar-refractivity contribution in [3.05, 3.63) is 24.9 Å². The standard InChI is InChI=1S/C17H23N7O4S/c1-13(25)24-9-16(26)23(14-6-19-21(3)7-14)11-17(24)4-5-22(10-17)29(27,28)15-8-20(2)12-18-15/h6-8,12H,4-5,9-11H2,1-3H3/t17-/m0/s1. The van der Waals surface area contributed by atoms with Gasteiger partial charge in [0.2, 0.25) is 11.8 Å². The Morgan fingerprint density at radius 2 is 1.97 bits per heavy atom. The van der Waals surface area contributed by atoms with Crippen LogP contribution in [-0.2, 0) is 33.7 Å². The molecule has 2 aromatic rings. The molecule has 11 nitrogen and oxygen atoms in total. The van der Waals surface area contributed by atoms with Crippen LogP contribution in [0.4, 0.5) is 5.69 Å². The highest BCUT2D eigenvalue weighted by Gasteiger charge is 2.53. The lowest BCUT2D eigenvalue weighted by Crippen LogP contribution is -2.67. The second-order valence-electron chi connectivity index (χ2n) is 7.65. The van der Waals surface area contributed by atoms with E-state index in [4.69, 9.17) is 0 Å². The third-order valence-corrected chi connectivity index (χ3v) is 7.32. The molecule has 4 heterocycles. The third-order valence-electron chi connectivity index (χ3n) is 5.59. The summed E-state index contributed by atoms with van der Waals surface area (Å²) in [5, 5.41) is 4.09. The summed E-state index contributed by atoms with van der Waals surface area (Å²) in [5.41, 5.74) is -0.164. The van der Waals surface area contributed by atoms with E-state index in [-0.39, 0.29) is 43.0 Å². The summed E-state index contributed by atoms with van der Waals surface area (Å²) in [4.78, 5) is 32.1. The molecule has 2 aromatic heterocycles. The predicted octanol–water partition coefficient (Wildman–Crippen LogP) is -0.818. The van der Waals surface area contributed by atoms with Crippen molar-refractivity contribution in [2.75, 3.05) is 31.1 Å². The quantitative estimate of drug-likeness (QED) is 0.640. The number of hydrogen-bond acceptors (Lipinski definition) is 6. The van der Waals surface area contributed by atoms with Crippen LogP contribution in [0.5, 0.6) is 0 Å². The number of nitrogens with zero attached hydrogens (tertiary/aromatic N) is 7. The molecule has 0 aliphatic carbocycles. The Kier molecular flexibility index (Phi) is 4.50. The molecule has 0 aromatic carbocycles. The number of imidazole rings is 1. The fourth-order valence-electron chi connectivity index (χ4n) is 4.11. The lowest BCUT2D eigenvalue weighted by atomic mass is 9.92. The van der Waals surface area contributed by atoms with Crippen molar-refractivity contribution in [1.29, 1.82) is 0 Å². The van der Waals surface area contributed by atoms with Crippen LogP contribution in [0.3, 0.4) is 0 Å². The Labute approximate surface area is 168 Å². The number of piperazine rings is 1. The Morgan fingerprint density at radius 3 is 2.55 bits per heavy atom. The molecule has 2 fully saturated rings. The summed E-state index contributed by atoms with van der Waals surface area (Å²) in [7, 11) is -0.332. The Morgan fingerprint density at radius 1 is 1.21 bits per heavy atom. The first-order chi connectivity index (χ1) is 13.6. The molecule has 1 atom stereocenters. The summed E-state index contributed by atoms with van der Waals surface area (Å²) < 4.78 is 30.6. The lowest BCUT2D eigenvalue weighted by Gasteiger charge is -2.47. The van der Waals surface area contributed by atoms with Gasteiger partial charge in [0.05, 0.1) is 30.3 Å². The first kappa shape index (κ1) is 19.6. The molecular weight excluding hydrogens is 398 g/mol. The first-order valence-corrected chi connectivity index (χ1v) is 10.6. The molecule has 12 heteroatoms. The van der Waals surface area contributed by atoms with Gasteiger partial charge in [-0.15, -0.1) is 0 Å². The number of carbonyl (C=O) groups excluding carboxylic acids is 2. The van der Waals surface area contributed by atoms with Gasteiger partial charge < -0.3 is 14.4 Å². The predicted molar refractivity (Wildman–Crippen MR) is 102 cm³/mol.